The van der Waals surface area contributed by atoms with Gasteiger partial charge in [-0.05, 0) is 56.3 Å². The molecule has 0 bridgehead atoms. The third kappa shape index (κ3) is 5.21. The fourth-order valence-corrected chi connectivity index (χ4v) is 3.77. The number of anilines is 1. The van der Waals surface area contributed by atoms with Crippen molar-refractivity contribution in [2.75, 3.05) is 25.5 Å². The van der Waals surface area contributed by atoms with E-state index in [4.69, 9.17) is 11.6 Å². The molecule has 0 spiro atoms. The summed E-state index contributed by atoms with van der Waals surface area (Å²) < 4.78 is 0. The highest BCUT2D eigenvalue weighted by Gasteiger charge is 2.24. The van der Waals surface area contributed by atoms with Crippen molar-refractivity contribution in [1.82, 2.24) is 10.2 Å². The van der Waals surface area contributed by atoms with Crippen molar-refractivity contribution < 1.29 is 9.59 Å². The molecule has 0 heterocycles. The van der Waals surface area contributed by atoms with E-state index in [0.717, 1.165) is 25.3 Å². The first kappa shape index (κ1) is 19.2. The Bertz CT molecular complexity index is 654. The van der Waals surface area contributed by atoms with Crippen LogP contribution >= 0.6 is 11.6 Å². The van der Waals surface area contributed by atoms with Gasteiger partial charge < -0.3 is 15.5 Å². The molecule has 2 amide bonds. The van der Waals surface area contributed by atoms with Crippen molar-refractivity contribution in [1.29, 1.82) is 0 Å². The lowest BCUT2D eigenvalue weighted by molar-refractivity contribution is -0.115. The molecule has 2 aliphatic rings. The second-order valence-electron chi connectivity index (χ2n) is 7.52. The lowest BCUT2D eigenvalue weighted by Gasteiger charge is -2.31. The molecule has 26 heavy (non-hydrogen) atoms. The van der Waals surface area contributed by atoms with Crippen LogP contribution in [0.25, 0.3) is 0 Å². The van der Waals surface area contributed by atoms with Crippen LogP contribution < -0.4 is 10.6 Å². The topological polar surface area (TPSA) is 61.4 Å². The summed E-state index contributed by atoms with van der Waals surface area (Å²) in [5, 5.41) is 6.36. The molecule has 6 heteroatoms. The molecule has 3 rings (SSSR count). The Morgan fingerprint density at radius 1 is 1.15 bits per heavy atom. The van der Waals surface area contributed by atoms with Crippen LogP contribution in [0.4, 0.5) is 5.69 Å². The molecule has 0 saturated heterocycles. The molecule has 142 valence electrons. The number of nitrogens with zero attached hydrogens (tertiary/aromatic N) is 1. The molecule has 2 aliphatic carbocycles. The lowest BCUT2D eigenvalue weighted by atomic mass is 9.94. The second-order valence-corrected chi connectivity index (χ2v) is 7.93. The number of hydrogen-bond donors (Lipinski definition) is 2. The molecule has 0 aromatic heterocycles. The van der Waals surface area contributed by atoms with Gasteiger partial charge in [-0.2, -0.15) is 0 Å². The summed E-state index contributed by atoms with van der Waals surface area (Å²) in [7, 11) is 1.86. The van der Waals surface area contributed by atoms with Crippen LogP contribution in [-0.4, -0.2) is 42.9 Å². The van der Waals surface area contributed by atoms with Gasteiger partial charge in [0.1, 0.15) is 0 Å². The first-order valence-electron chi connectivity index (χ1n) is 9.62. The molecule has 2 fully saturated rings. The van der Waals surface area contributed by atoms with Gasteiger partial charge in [-0.1, -0.05) is 30.9 Å². The Morgan fingerprint density at radius 2 is 1.88 bits per heavy atom. The zero-order valence-corrected chi connectivity index (χ0v) is 16.1. The maximum Gasteiger partial charge on any atom is 0.255 e. The van der Waals surface area contributed by atoms with Crippen LogP contribution in [0.2, 0.25) is 5.02 Å². The first-order chi connectivity index (χ1) is 12.5. The zero-order valence-electron chi connectivity index (χ0n) is 15.4. The molecule has 1 aromatic rings. The van der Waals surface area contributed by atoms with Gasteiger partial charge in [0, 0.05) is 18.8 Å². The lowest BCUT2D eigenvalue weighted by Crippen LogP contribution is -2.38. The predicted octanol–water partition coefficient (Wildman–Crippen LogP) is 3.68. The van der Waals surface area contributed by atoms with Crippen LogP contribution in [0.1, 0.15) is 55.3 Å². The smallest absolute Gasteiger partial charge is 0.255 e. The molecule has 2 N–H and O–H groups in total. The highest BCUT2D eigenvalue weighted by atomic mass is 35.5. The van der Waals surface area contributed by atoms with Crippen molar-refractivity contribution in [2.24, 2.45) is 5.92 Å². The van der Waals surface area contributed by atoms with Crippen LogP contribution in [0.15, 0.2) is 18.2 Å². The standard InChI is InChI=1S/C20H28ClN3O2/c1-24(16-5-3-2-4-6-16)20(26)17-10-9-15(11-18(17)21)23-19(25)13-22-12-14-7-8-14/h9-11,14,16,22H,2-8,12-13H2,1H3,(H,23,25). The number of carbonyl (C=O) groups excluding carboxylic acids is 2. The van der Waals surface area contributed by atoms with Gasteiger partial charge in [-0.3, -0.25) is 9.59 Å². The Kier molecular flexibility index (Phi) is 6.54. The quantitative estimate of drug-likeness (QED) is 0.761. The van der Waals surface area contributed by atoms with E-state index >= 15 is 0 Å². The second kappa shape index (κ2) is 8.87. The number of amides is 2. The van der Waals surface area contributed by atoms with Crippen molar-refractivity contribution in [3.05, 3.63) is 28.8 Å². The largest absolute Gasteiger partial charge is 0.339 e. The van der Waals surface area contributed by atoms with Crippen LogP contribution in [0, 0.1) is 5.92 Å². The van der Waals surface area contributed by atoms with Crippen LogP contribution in [0.3, 0.4) is 0 Å². The number of carbonyl (C=O) groups is 2. The summed E-state index contributed by atoms with van der Waals surface area (Å²) >= 11 is 6.33. The maximum absolute atomic E-state index is 12.8. The molecule has 1 aromatic carbocycles. The Labute approximate surface area is 160 Å². The monoisotopic (exact) mass is 377 g/mol. The molecule has 0 aliphatic heterocycles. The number of hydrogen-bond acceptors (Lipinski definition) is 3. The van der Waals surface area contributed by atoms with Crippen molar-refractivity contribution in [3.8, 4) is 0 Å². The maximum atomic E-state index is 12.8. The molecule has 0 atom stereocenters. The van der Waals surface area contributed by atoms with E-state index in [1.165, 1.54) is 32.1 Å². The minimum atomic E-state index is -0.0971. The van der Waals surface area contributed by atoms with E-state index in [2.05, 4.69) is 10.6 Å². The van der Waals surface area contributed by atoms with Gasteiger partial charge in [-0.25, -0.2) is 0 Å². The summed E-state index contributed by atoms with van der Waals surface area (Å²) in [5.74, 6) is 0.592. The molecule has 2 saturated carbocycles. The number of benzene rings is 1. The highest BCUT2D eigenvalue weighted by Crippen LogP contribution is 2.28. The highest BCUT2D eigenvalue weighted by molar-refractivity contribution is 6.34. The van der Waals surface area contributed by atoms with Gasteiger partial charge in [0.25, 0.3) is 5.91 Å². The van der Waals surface area contributed by atoms with E-state index in [0.29, 0.717) is 28.9 Å². The molecule has 0 radical (unpaired) electrons. The fraction of sp³-hybridized carbons (Fsp3) is 0.600. The summed E-state index contributed by atoms with van der Waals surface area (Å²) in [4.78, 5) is 26.5. The van der Waals surface area contributed by atoms with E-state index in [9.17, 15) is 9.59 Å². The van der Waals surface area contributed by atoms with Gasteiger partial charge >= 0.3 is 0 Å². The van der Waals surface area contributed by atoms with Crippen molar-refractivity contribution >= 4 is 29.1 Å². The molecular formula is C20H28ClN3O2. The van der Waals surface area contributed by atoms with E-state index in [1.54, 1.807) is 18.2 Å². The summed E-state index contributed by atoms with van der Waals surface area (Å²) in [6.45, 7) is 1.19. The third-order valence-corrected chi connectivity index (χ3v) is 5.65. The summed E-state index contributed by atoms with van der Waals surface area (Å²) in [6, 6.07) is 5.40. The fourth-order valence-electron chi connectivity index (χ4n) is 3.51. The number of nitrogens with one attached hydrogen (secondary N) is 2. The van der Waals surface area contributed by atoms with E-state index in [-0.39, 0.29) is 11.8 Å². The van der Waals surface area contributed by atoms with Crippen LogP contribution in [0.5, 0.6) is 0 Å². The number of halogens is 1. The minimum Gasteiger partial charge on any atom is -0.339 e. The van der Waals surface area contributed by atoms with Crippen LogP contribution in [-0.2, 0) is 4.79 Å². The van der Waals surface area contributed by atoms with Gasteiger partial charge in [0.2, 0.25) is 5.91 Å². The zero-order chi connectivity index (χ0) is 18.5. The molecule has 5 nitrogen and oxygen atoms in total. The summed E-state index contributed by atoms with van der Waals surface area (Å²) in [6.07, 6.45) is 8.24. The van der Waals surface area contributed by atoms with Gasteiger partial charge in [0.05, 0.1) is 17.1 Å². The Balaban J connectivity index is 1.55. The number of rotatable bonds is 7. The van der Waals surface area contributed by atoms with Gasteiger partial charge in [0.15, 0.2) is 0 Å². The average Bonchev–Trinajstić information content (AvgIpc) is 3.46. The van der Waals surface area contributed by atoms with Crippen molar-refractivity contribution in [3.63, 3.8) is 0 Å². The average molecular weight is 378 g/mol. The normalized spacial score (nSPS) is 17.8. The minimum absolute atomic E-state index is 0.0501. The first-order valence-corrected chi connectivity index (χ1v) is 9.99. The molecule has 0 unspecified atom stereocenters. The molecular weight excluding hydrogens is 350 g/mol. The van der Waals surface area contributed by atoms with E-state index < -0.39 is 0 Å². The third-order valence-electron chi connectivity index (χ3n) is 5.34. The van der Waals surface area contributed by atoms with Crippen molar-refractivity contribution in [2.45, 2.75) is 51.0 Å². The Morgan fingerprint density at radius 3 is 2.54 bits per heavy atom. The predicted molar refractivity (Wildman–Crippen MR) is 105 cm³/mol. The SMILES string of the molecule is CN(C(=O)c1ccc(NC(=O)CNCC2CC2)cc1Cl)C1CCCCC1. The summed E-state index contributed by atoms with van der Waals surface area (Å²) in [5.41, 5.74) is 1.11. The van der Waals surface area contributed by atoms with E-state index in [1.807, 2.05) is 11.9 Å². The van der Waals surface area contributed by atoms with Gasteiger partial charge in [-0.15, -0.1) is 0 Å². The Hall–Kier alpha value is -1.59.